The molecule has 0 spiro atoms. The van der Waals surface area contributed by atoms with Gasteiger partial charge in [0.05, 0.1) is 4.34 Å². The first-order valence-electron chi connectivity index (χ1n) is 5.86. The molecule has 1 amide bonds. The molecule has 17 heavy (non-hydrogen) atoms. The van der Waals surface area contributed by atoms with Crippen molar-refractivity contribution in [3.8, 4) is 0 Å². The molecule has 1 aromatic rings. The monoisotopic (exact) mass is 274 g/mol. The summed E-state index contributed by atoms with van der Waals surface area (Å²) in [6, 6.07) is 4.15. The highest BCUT2D eigenvalue weighted by atomic mass is 35.5. The molecule has 5 heteroatoms. The van der Waals surface area contributed by atoms with Crippen LogP contribution in [-0.4, -0.2) is 18.5 Å². The summed E-state index contributed by atoms with van der Waals surface area (Å²) in [6.45, 7) is 5.54. The van der Waals surface area contributed by atoms with Crippen molar-refractivity contribution in [1.82, 2.24) is 10.6 Å². The molecule has 0 aromatic carbocycles. The second kappa shape index (κ2) is 7.69. The molecule has 0 saturated heterocycles. The zero-order valence-electron chi connectivity index (χ0n) is 10.3. The minimum atomic E-state index is 0.107. The van der Waals surface area contributed by atoms with Gasteiger partial charge in [-0.1, -0.05) is 18.5 Å². The van der Waals surface area contributed by atoms with Crippen LogP contribution in [0.25, 0.3) is 0 Å². The number of rotatable bonds is 7. The molecule has 2 N–H and O–H groups in total. The third-order valence-corrected chi connectivity index (χ3v) is 3.71. The Morgan fingerprint density at radius 1 is 1.53 bits per heavy atom. The normalized spacial score (nSPS) is 12.4. The van der Waals surface area contributed by atoms with E-state index in [2.05, 4.69) is 17.6 Å². The fourth-order valence-electron chi connectivity index (χ4n) is 1.31. The maximum atomic E-state index is 11.5. The molecule has 1 atom stereocenters. The highest BCUT2D eigenvalue weighted by Gasteiger charge is 2.04. The van der Waals surface area contributed by atoms with E-state index in [1.807, 2.05) is 19.1 Å². The number of carbonyl (C=O) groups is 1. The van der Waals surface area contributed by atoms with Gasteiger partial charge in [0, 0.05) is 30.4 Å². The fourth-order valence-corrected chi connectivity index (χ4v) is 2.37. The van der Waals surface area contributed by atoms with Crippen LogP contribution < -0.4 is 10.6 Å². The summed E-state index contributed by atoms with van der Waals surface area (Å²) in [5.41, 5.74) is 0. The Labute approximate surface area is 112 Å². The third-order valence-electron chi connectivity index (χ3n) is 2.48. The van der Waals surface area contributed by atoms with Gasteiger partial charge in [-0.15, -0.1) is 11.3 Å². The predicted molar refractivity (Wildman–Crippen MR) is 73.5 cm³/mol. The summed E-state index contributed by atoms with van der Waals surface area (Å²) in [5, 5.41) is 6.16. The molecule has 96 valence electrons. The van der Waals surface area contributed by atoms with Crippen molar-refractivity contribution in [3.05, 3.63) is 21.3 Å². The Balaban J connectivity index is 2.10. The number of halogens is 1. The molecule has 0 saturated carbocycles. The van der Waals surface area contributed by atoms with Crippen LogP contribution in [0, 0.1) is 0 Å². The number of carbonyl (C=O) groups excluding carboxylic acids is 1. The molecule has 0 aliphatic heterocycles. The first-order chi connectivity index (χ1) is 8.11. The second-order valence-electron chi connectivity index (χ2n) is 4.01. The summed E-state index contributed by atoms with van der Waals surface area (Å²) in [6.07, 6.45) is 1.48. The lowest BCUT2D eigenvalue weighted by molar-refractivity contribution is -0.121. The van der Waals surface area contributed by atoms with Gasteiger partial charge < -0.3 is 10.6 Å². The van der Waals surface area contributed by atoms with E-state index >= 15 is 0 Å². The minimum absolute atomic E-state index is 0.107. The number of nitrogens with one attached hydrogen (secondary N) is 2. The minimum Gasteiger partial charge on any atom is -0.354 e. The van der Waals surface area contributed by atoms with E-state index in [0.717, 1.165) is 17.3 Å². The van der Waals surface area contributed by atoms with Gasteiger partial charge in [0.1, 0.15) is 0 Å². The topological polar surface area (TPSA) is 41.1 Å². The van der Waals surface area contributed by atoms with E-state index in [0.29, 0.717) is 13.0 Å². The molecule has 1 aromatic heterocycles. The Morgan fingerprint density at radius 3 is 2.88 bits per heavy atom. The van der Waals surface area contributed by atoms with Gasteiger partial charge in [0.25, 0.3) is 0 Å². The van der Waals surface area contributed by atoms with E-state index in [1.54, 1.807) is 11.3 Å². The van der Waals surface area contributed by atoms with Gasteiger partial charge in [0.2, 0.25) is 5.91 Å². The maximum absolute atomic E-state index is 11.5. The molecule has 0 radical (unpaired) electrons. The summed E-state index contributed by atoms with van der Waals surface area (Å²) in [4.78, 5) is 12.7. The molecule has 1 heterocycles. The van der Waals surface area contributed by atoms with Crippen molar-refractivity contribution in [1.29, 1.82) is 0 Å². The average molecular weight is 275 g/mol. The summed E-state index contributed by atoms with van der Waals surface area (Å²) in [5.74, 6) is 0.107. The van der Waals surface area contributed by atoms with E-state index in [-0.39, 0.29) is 11.9 Å². The summed E-state index contributed by atoms with van der Waals surface area (Å²) < 4.78 is 0.802. The van der Waals surface area contributed by atoms with Crippen LogP contribution >= 0.6 is 22.9 Å². The SMILES string of the molecule is CCC(C)NC(=O)CCNCc1ccc(Cl)s1. The van der Waals surface area contributed by atoms with E-state index in [4.69, 9.17) is 11.6 Å². The summed E-state index contributed by atoms with van der Waals surface area (Å²) in [7, 11) is 0. The Bertz CT molecular complexity index is 354. The van der Waals surface area contributed by atoms with E-state index in [1.165, 1.54) is 4.88 Å². The van der Waals surface area contributed by atoms with Crippen molar-refractivity contribution in [3.63, 3.8) is 0 Å². The smallest absolute Gasteiger partial charge is 0.221 e. The first-order valence-corrected chi connectivity index (χ1v) is 7.05. The second-order valence-corrected chi connectivity index (χ2v) is 5.81. The van der Waals surface area contributed by atoms with Gasteiger partial charge in [-0.3, -0.25) is 4.79 Å². The van der Waals surface area contributed by atoms with Gasteiger partial charge >= 0.3 is 0 Å². The van der Waals surface area contributed by atoms with Gasteiger partial charge in [-0.05, 0) is 25.5 Å². The van der Waals surface area contributed by atoms with Gasteiger partial charge in [-0.25, -0.2) is 0 Å². The van der Waals surface area contributed by atoms with Gasteiger partial charge in [0.15, 0.2) is 0 Å². The van der Waals surface area contributed by atoms with Crippen LogP contribution in [0.15, 0.2) is 12.1 Å². The maximum Gasteiger partial charge on any atom is 0.221 e. The van der Waals surface area contributed by atoms with Crippen LogP contribution in [0.5, 0.6) is 0 Å². The first kappa shape index (κ1) is 14.5. The van der Waals surface area contributed by atoms with Gasteiger partial charge in [-0.2, -0.15) is 0 Å². The van der Waals surface area contributed by atoms with Crippen molar-refractivity contribution in [2.45, 2.75) is 39.3 Å². The lowest BCUT2D eigenvalue weighted by Crippen LogP contribution is -2.33. The molecule has 1 rings (SSSR count). The molecular weight excluding hydrogens is 256 g/mol. The zero-order valence-corrected chi connectivity index (χ0v) is 11.8. The highest BCUT2D eigenvalue weighted by Crippen LogP contribution is 2.20. The number of hydrogen-bond donors (Lipinski definition) is 2. The average Bonchev–Trinajstić information content (AvgIpc) is 2.70. The lowest BCUT2D eigenvalue weighted by atomic mass is 10.2. The molecular formula is C12H19ClN2OS. The molecule has 0 bridgehead atoms. The quantitative estimate of drug-likeness (QED) is 0.751. The Morgan fingerprint density at radius 2 is 2.29 bits per heavy atom. The Kier molecular flexibility index (Phi) is 6.55. The van der Waals surface area contributed by atoms with E-state index in [9.17, 15) is 4.79 Å². The lowest BCUT2D eigenvalue weighted by Gasteiger charge is -2.11. The van der Waals surface area contributed by atoms with E-state index < -0.39 is 0 Å². The predicted octanol–water partition coefficient (Wildman–Crippen LogP) is 2.80. The van der Waals surface area contributed by atoms with Crippen molar-refractivity contribution in [2.75, 3.05) is 6.54 Å². The van der Waals surface area contributed by atoms with Crippen LogP contribution in [0.2, 0.25) is 4.34 Å². The highest BCUT2D eigenvalue weighted by molar-refractivity contribution is 7.16. The number of thiophene rings is 1. The number of amides is 1. The third kappa shape index (κ3) is 6.05. The molecule has 0 aliphatic carbocycles. The van der Waals surface area contributed by atoms with Crippen molar-refractivity contribution >= 4 is 28.8 Å². The molecule has 1 unspecified atom stereocenters. The molecule has 0 aliphatic rings. The number of hydrogen-bond acceptors (Lipinski definition) is 3. The van der Waals surface area contributed by atoms with Crippen molar-refractivity contribution < 1.29 is 4.79 Å². The van der Waals surface area contributed by atoms with Crippen molar-refractivity contribution in [2.24, 2.45) is 0 Å². The summed E-state index contributed by atoms with van der Waals surface area (Å²) >= 11 is 7.39. The van der Waals surface area contributed by atoms with Crippen LogP contribution in [0.1, 0.15) is 31.6 Å². The zero-order chi connectivity index (χ0) is 12.7. The van der Waals surface area contributed by atoms with Crippen LogP contribution in [-0.2, 0) is 11.3 Å². The Hall–Kier alpha value is -0.580. The standard InChI is InChI=1S/C12H19ClN2OS/c1-3-9(2)15-12(16)6-7-14-8-10-4-5-11(13)17-10/h4-5,9,14H,3,6-8H2,1-2H3,(H,15,16). The van der Waals surface area contributed by atoms with Crippen LogP contribution in [0.3, 0.4) is 0 Å². The fraction of sp³-hybridized carbons (Fsp3) is 0.583. The molecule has 0 fully saturated rings. The molecule has 3 nitrogen and oxygen atoms in total. The van der Waals surface area contributed by atoms with Crippen LogP contribution in [0.4, 0.5) is 0 Å². The largest absolute Gasteiger partial charge is 0.354 e.